The summed E-state index contributed by atoms with van der Waals surface area (Å²) >= 11 is 0. The van der Waals surface area contributed by atoms with Crippen LogP contribution in [0.5, 0.6) is 0 Å². The van der Waals surface area contributed by atoms with Crippen molar-refractivity contribution in [3.05, 3.63) is 95.7 Å². The highest BCUT2D eigenvalue weighted by atomic mass is 16.2. The summed E-state index contributed by atoms with van der Waals surface area (Å²) < 4.78 is 0. The van der Waals surface area contributed by atoms with Crippen molar-refractivity contribution in [1.29, 1.82) is 0 Å². The van der Waals surface area contributed by atoms with E-state index in [9.17, 15) is 4.79 Å². The van der Waals surface area contributed by atoms with E-state index >= 15 is 0 Å². The van der Waals surface area contributed by atoms with Crippen molar-refractivity contribution in [2.75, 3.05) is 11.4 Å². The molecule has 3 nitrogen and oxygen atoms in total. The van der Waals surface area contributed by atoms with Crippen LogP contribution in [-0.4, -0.2) is 17.4 Å². The molecule has 4 rings (SSSR count). The number of aromatic nitrogens is 1. The molecule has 0 bridgehead atoms. The van der Waals surface area contributed by atoms with Gasteiger partial charge in [0.2, 0.25) is 5.91 Å². The Morgan fingerprint density at radius 2 is 1.61 bits per heavy atom. The van der Waals surface area contributed by atoms with Gasteiger partial charge in [0.25, 0.3) is 0 Å². The second-order valence-corrected chi connectivity index (χ2v) is 8.86. The first-order chi connectivity index (χ1) is 15.2. The van der Waals surface area contributed by atoms with Crippen LogP contribution in [0, 0.1) is 6.92 Å². The van der Waals surface area contributed by atoms with E-state index < -0.39 is 0 Å². The molecule has 1 aromatic heterocycles. The Labute approximate surface area is 186 Å². The summed E-state index contributed by atoms with van der Waals surface area (Å²) in [5.74, 6) is 0.932. The highest BCUT2D eigenvalue weighted by Gasteiger charge is 2.37. The molecule has 0 atom stereocenters. The number of rotatable bonds is 7. The predicted molar refractivity (Wildman–Crippen MR) is 127 cm³/mol. The third-order valence-corrected chi connectivity index (χ3v) is 6.61. The lowest BCUT2D eigenvalue weighted by Gasteiger charge is -2.41. The minimum Gasteiger partial charge on any atom is -0.296 e. The van der Waals surface area contributed by atoms with Gasteiger partial charge in [-0.2, -0.15) is 0 Å². The zero-order valence-corrected chi connectivity index (χ0v) is 18.5. The first kappa shape index (κ1) is 21.3. The van der Waals surface area contributed by atoms with Gasteiger partial charge in [-0.15, -0.1) is 0 Å². The van der Waals surface area contributed by atoms with Gasteiger partial charge in [-0.25, -0.2) is 4.98 Å². The van der Waals surface area contributed by atoms with Crippen LogP contribution in [0.25, 0.3) is 0 Å². The molecule has 0 N–H and O–H groups in total. The summed E-state index contributed by atoms with van der Waals surface area (Å²) in [5.41, 5.74) is 3.67. The van der Waals surface area contributed by atoms with Crippen LogP contribution in [0.3, 0.4) is 0 Å². The van der Waals surface area contributed by atoms with Gasteiger partial charge in [0.1, 0.15) is 5.82 Å². The van der Waals surface area contributed by atoms with Gasteiger partial charge in [-0.3, -0.25) is 9.69 Å². The van der Waals surface area contributed by atoms with E-state index in [0.29, 0.717) is 13.0 Å². The number of hydrogen-bond donors (Lipinski definition) is 0. The van der Waals surface area contributed by atoms with E-state index in [1.165, 1.54) is 30.4 Å². The molecule has 160 valence electrons. The summed E-state index contributed by atoms with van der Waals surface area (Å²) in [4.78, 5) is 20.1. The Balaban J connectivity index is 1.63. The SMILES string of the molecule is Cc1ccnc(N(CC2(c3ccccc3)CCCCC2)C(=O)CCc2ccccc2)c1. The van der Waals surface area contributed by atoms with E-state index in [1.807, 2.05) is 41.4 Å². The van der Waals surface area contributed by atoms with Crippen molar-refractivity contribution in [2.45, 2.75) is 57.3 Å². The fourth-order valence-electron chi connectivity index (χ4n) is 4.86. The molecule has 1 aliphatic carbocycles. The molecule has 1 aliphatic rings. The molecule has 1 saturated carbocycles. The average Bonchev–Trinajstić information content (AvgIpc) is 2.83. The van der Waals surface area contributed by atoms with E-state index in [2.05, 4.69) is 54.4 Å². The van der Waals surface area contributed by atoms with E-state index in [4.69, 9.17) is 0 Å². The van der Waals surface area contributed by atoms with Gasteiger partial charge in [0.15, 0.2) is 0 Å². The number of amides is 1. The molecule has 0 spiro atoms. The molecule has 1 amide bonds. The van der Waals surface area contributed by atoms with Gasteiger partial charge in [-0.05, 0) is 55.0 Å². The molecule has 3 heteroatoms. The fourth-order valence-corrected chi connectivity index (χ4v) is 4.86. The maximum absolute atomic E-state index is 13.6. The Morgan fingerprint density at radius 3 is 2.29 bits per heavy atom. The van der Waals surface area contributed by atoms with Crippen molar-refractivity contribution >= 4 is 11.7 Å². The minimum absolute atomic E-state index is 0.00660. The molecule has 0 aliphatic heterocycles. The third-order valence-electron chi connectivity index (χ3n) is 6.61. The second kappa shape index (κ2) is 9.91. The van der Waals surface area contributed by atoms with Gasteiger partial charge < -0.3 is 0 Å². The van der Waals surface area contributed by atoms with Gasteiger partial charge in [0.05, 0.1) is 0 Å². The number of carbonyl (C=O) groups is 1. The second-order valence-electron chi connectivity index (χ2n) is 8.86. The highest BCUT2D eigenvalue weighted by Crippen LogP contribution is 2.41. The predicted octanol–water partition coefficient (Wildman–Crippen LogP) is 6.26. The summed E-state index contributed by atoms with van der Waals surface area (Å²) in [6, 6.07) is 25.1. The van der Waals surface area contributed by atoms with Crippen molar-refractivity contribution in [1.82, 2.24) is 4.98 Å². The molecule has 3 aromatic rings. The van der Waals surface area contributed by atoms with Crippen molar-refractivity contribution in [2.24, 2.45) is 0 Å². The number of aryl methyl sites for hydroxylation is 2. The molecule has 31 heavy (non-hydrogen) atoms. The van der Waals surface area contributed by atoms with Crippen LogP contribution in [0.2, 0.25) is 0 Å². The monoisotopic (exact) mass is 412 g/mol. The summed E-state index contributed by atoms with van der Waals surface area (Å²) in [6.07, 6.45) is 8.99. The topological polar surface area (TPSA) is 33.2 Å². The van der Waals surface area contributed by atoms with Crippen LogP contribution in [0.15, 0.2) is 79.0 Å². The highest BCUT2D eigenvalue weighted by molar-refractivity contribution is 5.92. The Kier molecular flexibility index (Phi) is 6.81. The maximum atomic E-state index is 13.6. The zero-order valence-electron chi connectivity index (χ0n) is 18.5. The first-order valence-electron chi connectivity index (χ1n) is 11.5. The largest absolute Gasteiger partial charge is 0.296 e. The van der Waals surface area contributed by atoms with Crippen molar-refractivity contribution in [3.63, 3.8) is 0 Å². The lowest BCUT2D eigenvalue weighted by Crippen LogP contribution is -2.45. The fraction of sp³-hybridized carbons (Fsp3) is 0.357. The molecule has 0 saturated heterocycles. The van der Waals surface area contributed by atoms with Crippen LogP contribution in [0.4, 0.5) is 5.82 Å². The van der Waals surface area contributed by atoms with Gasteiger partial charge >= 0.3 is 0 Å². The average molecular weight is 413 g/mol. The van der Waals surface area contributed by atoms with Crippen LogP contribution in [0.1, 0.15) is 55.2 Å². The van der Waals surface area contributed by atoms with Crippen LogP contribution >= 0.6 is 0 Å². The number of hydrogen-bond acceptors (Lipinski definition) is 2. The quantitative estimate of drug-likeness (QED) is 0.459. The minimum atomic E-state index is -0.00660. The molecular formula is C28H32N2O. The first-order valence-corrected chi connectivity index (χ1v) is 11.5. The summed E-state index contributed by atoms with van der Waals surface area (Å²) in [7, 11) is 0. The standard InChI is InChI=1S/C28H32N2O/c1-23-17-20-29-26(21-23)30(27(31)16-15-24-11-5-2-6-12-24)22-28(18-9-4-10-19-28)25-13-7-3-8-14-25/h2-3,5-8,11-14,17,20-21H,4,9-10,15-16,18-19,22H2,1H3. The number of nitrogens with zero attached hydrogens (tertiary/aromatic N) is 2. The van der Waals surface area contributed by atoms with Crippen molar-refractivity contribution in [3.8, 4) is 0 Å². The number of carbonyl (C=O) groups excluding carboxylic acids is 1. The third kappa shape index (κ3) is 5.22. The Bertz CT molecular complexity index is 978. The Hall–Kier alpha value is -2.94. The molecule has 2 aromatic carbocycles. The van der Waals surface area contributed by atoms with E-state index in [1.54, 1.807) is 0 Å². The summed E-state index contributed by atoms with van der Waals surface area (Å²) in [6.45, 7) is 2.76. The zero-order chi connectivity index (χ0) is 21.5. The van der Waals surface area contributed by atoms with Crippen LogP contribution in [-0.2, 0) is 16.6 Å². The lowest BCUT2D eigenvalue weighted by atomic mass is 9.69. The smallest absolute Gasteiger partial charge is 0.228 e. The van der Waals surface area contributed by atoms with Crippen LogP contribution < -0.4 is 4.90 Å². The van der Waals surface area contributed by atoms with E-state index in [-0.39, 0.29) is 11.3 Å². The molecule has 0 radical (unpaired) electrons. The van der Waals surface area contributed by atoms with Crippen molar-refractivity contribution < 1.29 is 4.79 Å². The molecular weight excluding hydrogens is 380 g/mol. The van der Waals surface area contributed by atoms with Gasteiger partial charge in [-0.1, -0.05) is 79.9 Å². The van der Waals surface area contributed by atoms with E-state index in [0.717, 1.165) is 30.6 Å². The molecule has 1 fully saturated rings. The molecule has 1 heterocycles. The van der Waals surface area contributed by atoms with Gasteiger partial charge in [0, 0.05) is 24.6 Å². The lowest BCUT2D eigenvalue weighted by molar-refractivity contribution is -0.118. The normalized spacial score (nSPS) is 15.4. The maximum Gasteiger partial charge on any atom is 0.228 e. The number of pyridine rings is 1. The number of anilines is 1. The summed E-state index contributed by atoms with van der Waals surface area (Å²) in [5, 5.41) is 0. The number of benzene rings is 2. The molecule has 0 unspecified atom stereocenters. The Morgan fingerprint density at radius 1 is 0.935 bits per heavy atom.